The molecule has 0 aliphatic carbocycles. The van der Waals surface area contributed by atoms with Crippen molar-refractivity contribution in [1.29, 1.82) is 0 Å². The van der Waals surface area contributed by atoms with Crippen molar-refractivity contribution in [3.8, 4) is 11.3 Å². The molecule has 0 unspecified atom stereocenters. The van der Waals surface area contributed by atoms with Gasteiger partial charge in [0.05, 0.1) is 0 Å². The average molecular weight is 265 g/mol. The maximum absolute atomic E-state index is 11.2. The number of benzene rings is 1. The van der Waals surface area contributed by atoms with Crippen molar-refractivity contribution >= 4 is 17.6 Å². The number of nitrogens with one attached hydrogen (secondary N) is 1. The van der Waals surface area contributed by atoms with Gasteiger partial charge in [0.25, 0.3) is 0 Å². The zero-order chi connectivity index (χ0) is 13.4. The van der Waals surface area contributed by atoms with Crippen LogP contribution in [0.2, 0.25) is 5.15 Å². The summed E-state index contributed by atoms with van der Waals surface area (Å²) in [5.74, 6) is -1.08. The zero-order valence-corrected chi connectivity index (χ0v) is 11.1. The van der Waals surface area contributed by atoms with E-state index in [9.17, 15) is 4.79 Å². The van der Waals surface area contributed by atoms with Gasteiger partial charge in [0.2, 0.25) is 0 Å². The number of hydrogen-bond donors (Lipinski definition) is 2. The van der Waals surface area contributed by atoms with E-state index in [2.05, 4.69) is 10.2 Å². The van der Waals surface area contributed by atoms with Gasteiger partial charge in [0, 0.05) is 5.56 Å². The average Bonchev–Trinajstić information content (AvgIpc) is 2.65. The molecular formula is C13H13ClN2O2. The van der Waals surface area contributed by atoms with Gasteiger partial charge in [0.15, 0.2) is 0 Å². The molecular weight excluding hydrogens is 252 g/mol. The maximum atomic E-state index is 11.2. The Hall–Kier alpha value is -1.81. The molecule has 1 aromatic heterocycles. The summed E-state index contributed by atoms with van der Waals surface area (Å²) in [6.45, 7) is 5.92. The lowest BCUT2D eigenvalue weighted by Crippen LogP contribution is -1.99. The van der Waals surface area contributed by atoms with E-state index >= 15 is 0 Å². The summed E-state index contributed by atoms with van der Waals surface area (Å²) in [5.41, 5.74) is 4.42. The molecule has 0 radical (unpaired) electrons. The van der Waals surface area contributed by atoms with Crippen LogP contribution in [-0.2, 0) is 0 Å². The van der Waals surface area contributed by atoms with Crippen LogP contribution in [-0.4, -0.2) is 21.3 Å². The molecule has 5 heteroatoms. The fraction of sp³-hybridized carbons (Fsp3) is 0.231. The normalized spacial score (nSPS) is 10.7. The van der Waals surface area contributed by atoms with Gasteiger partial charge in [-0.1, -0.05) is 17.7 Å². The predicted octanol–water partition coefficient (Wildman–Crippen LogP) is 3.35. The van der Waals surface area contributed by atoms with Gasteiger partial charge in [-0.25, -0.2) is 4.79 Å². The molecule has 0 aliphatic rings. The Morgan fingerprint density at radius 3 is 2.44 bits per heavy atom. The van der Waals surface area contributed by atoms with Crippen LogP contribution in [0.25, 0.3) is 11.3 Å². The first-order chi connectivity index (χ1) is 8.41. The van der Waals surface area contributed by atoms with E-state index in [1.54, 1.807) is 0 Å². The number of halogens is 1. The summed E-state index contributed by atoms with van der Waals surface area (Å²) in [7, 11) is 0. The van der Waals surface area contributed by atoms with Gasteiger partial charge >= 0.3 is 5.97 Å². The van der Waals surface area contributed by atoms with Crippen LogP contribution in [0.15, 0.2) is 12.1 Å². The highest BCUT2D eigenvalue weighted by Crippen LogP contribution is 2.30. The number of aromatic carboxylic acids is 1. The van der Waals surface area contributed by atoms with Gasteiger partial charge in [-0.15, -0.1) is 0 Å². The topological polar surface area (TPSA) is 66.0 Å². The fourth-order valence-corrected chi connectivity index (χ4v) is 2.14. The Bertz CT molecular complexity index is 632. The highest BCUT2D eigenvalue weighted by atomic mass is 35.5. The van der Waals surface area contributed by atoms with Gasteiger partial charge in [0.1, 0.15) is 16.4 Å². The van der Waals surface area contributed by atoms with E-state index in [0.29, 0.717) is 5.69 Å². The second-order valence-electron chi connectivity index (χ2n) is 4.32. The molecule has 1 aromatic carbocycles. The summed E-state index contributed by atoms with van der Waals surface area (Å²) < 4.78 is 0. The molecule has 0 amide bonds. The van der Waals surface area contributed by atoms with Crippen molar-refractivity contribution in [2.45, 2.75) is 20.8 Å². The third kappa shape index (κ3) is 1.99. The molecule has 0 atom stereocenters. The predicted molar refractivity (Wildman–Crippen MR) is 70.2 cm³/mol. The highest BCUT2D eigenvalue weighted by Gasteiger charge is 2.21. The molecule has 4 nitrogen and oxygen atoms in total. The minimum atomic E-state index is -1.08. The van der Waals surface area contributed by atoms with Crippen molar-refractivity contribution in [2.24, 2.45) is 0 Å². The molecule has 0 saturated carbocycles. The number of carboxylic acids is 1. The molecule has 18 heavy (non-hydrogen) atoms. The van der Waals surface area contributed by atoms with Crippen molar-refractivity contribution in [1.82, 2.24) is 10.2 Å². The zero-order valence-electron chi connectivity index (χ0n) is 10.3. The van der Waals surface area contributed by atoms with Gasteiger partial charge in [-0.3, -0.25) is 5.10 Å². The SMILES string of the molecule is Cc1cc(C)c(-c2n[nH]c(Cl)c2C(=O)O)cc1C. The van der Waals surface area contributed by atoms with Crippen LogP contribution in [0.1, 0.15) is 27.0 Å². The molecule has 2 N–H and O–H groups in total. The van der Waals surface area contributed by atoms with Crippen LogP contribution < -0.4 is 0 Å². The number of carbonyl (C=O) groups is 1. The molecule has 1 heterocycles. The summed E-state index contributed by atoms with van der Waals surface area (Å²) in [6, 6.07) is 3.95. The monoisotopic (exact) mass is 264 g/mol. The largest absolute Gasteiger partial charge is 0.478 e. The van der Waals surface area contributed by atoms with E-state index in [1.807, 2.05) is 32.9 Å². The Kier molecular flexibility index (Phi) is 3.13. The van der Waals surface area contributed by atoms with Crippen molar-refractivity contribution in [3.05, 3.63) is 39.5 Å². The minimum Gasteiger partial charge on any atom is -0.478 e. The molecule has 0 fully saturated rings. The van der Waals surface area contributed by atoms with E-state index in [0.717, 1.165) is 22.3 Å². The Morgan fingerprint density at radius 2 is 1.83 bits per heavy atom. The number of aromatic amines is 1. The molecule has 0 bridgehead atoms. The van der Waals surface area contributed by atoms with E-state index in [1.165, 1.54) is 0 Å². The molecule has 2 rings (SSSR count). The van der Waals surface area contributed by atoms with E-state index < -0.39 is 5.97 Å². The standard InChI is InChI=1S/C13H13ClN2O2/c1-6-4-8(3)9(5-7(6)2)11-10(13(17)18)12(14)16-15-11/h4-5H,1-3H3,(H,15,16)(H,17,18). The van der Waals surface area contributed by atoms with Crippen LogP contribution in [0, 0.1) is 20.8 Å². The number of aromatic nitrogens is 2. The minimum absolute atomic E-state index is 0.0167. The lowest BCUT2D eigenvalue weighted by molar-refractivity contribution is 0.0698. The van der Waals surface area contributed by atoms with Crippen LogP contribution in [0.5, 0.6) is 0 Å². The summed E-state index contributed by atoms with van der Waals surface area (Å²) in [5, 5.41) is 15.7. The first-order valence-electron chi connectivity index (χ1n) is 5.47. The van der Waals surface area contributed by atoms with Crippen molar-refractivity contribution < 1.29 is 9.90 Å². The Morgan fingerprint density at radius 1 is 1.22 bits per heavy atom. The van der Waals surface area contributed by atoms with Crippen LogP contribution in [0.3, 0.4) is 0 Å². The second kappa shape index (κ2) is 4.46. The molecule has 0 aliphatic heterocycles. The van der Waals surface area contributed by atoms with E-state index in [-0.39, 0.29) is 10.7 Å². The fourth-order valence-electron chi connectivity index (χ4n) is 1.93. The lowest BCUT2D eigenvalue weighted by Gasteiger charge is -2.08. The van der Waals surface area contributed by atoms with Crippen LogP contribution >= 0.6 is 11.6 Å². The van der Waals surface area contributed by atoms with Gasteiger partial charge in [-0.05, 0) is 43.5 Å². The summed E-state index contributed by atoms with van der Waals surface area (Å²) in [6.07, 6.45) is 0. The third-order valence-electron chi connectivity index (χ3n) is 3.03. The number of nitrogens with zero attached hydrogens (tertiary/aromatic N) is 1. The third-order valence-corrected chi connectivity index (χ3v) is 3.31. The molecule has 0 saturated heterocycles. The second-order valence-corrected chi connectivity index (χ2v) is 4.70. The van der Waals surface area contributed by atoms with Crippen molar-refractivity contribution in [2.75, 3.05) is 0 Å². The van der Waals surface area contributed by atoms with Crippen molar-refractivity contribution in [3.63, 3.8) is 0 Å². The summed E-state index contributed by atoms with van der Waals surface area (Å²) in [4.78, 5) is 11.2. The first-order valence-corrected chi connectivity index (χ1v) is 5.85. The lowest BCUT2D eigenvalue weighted by atomic mass is 9.97. The highest BCUT2D eigenvalue weighted by molar-refractivity contribution is 6.33. The quantitative estimate of drug-likeness (QED) is 0.874. The summed E-state index contributed by atoms with van der Waals surface area (Å²) >= 11 is 5.81. The van der Waals surface area contributed by atoms with Crippen LogP contribution in [0.4, 0.5) is 0 Å². The smallest absolute Gasteiger partial charge is 0.341 e. The Balaban J connectivity index is 2.70. The van der Waals surface area contributed by atoms with Gasteiger partial charge in [-0.2, -0.15) is 5.10 Å². The number of hydrogen-bond acceptors (Lipinski definition) is 2. The van der Waals surface area contributed by atoms with E-state index in [4.69, 9.17) is 16.7 Å². The number of carboxylic acid groups (broad SMARTS) is 1. The number of H-pyrrole nitrogens is 1. The number of rotatable bonds is 2. The molecule has 94 valence electrons. The maximum Gasteiger partial charge on any atom is 0.341 e. The Labute approximate surface area is 110 Å². The first kappa shape index (κ1) is 12.6. The number of aryl methyl sites for hydroxylation is 3. The van der Waals surface area contributed by atoms with Gasteiger partial charge < -0.3 is 5.11 Å². The molecule has 0 spiro atoms. The molecule has 2 aromatic rings.